The summed E-state index contributed by atoms with van der Waals surface area (Å²) >= 11 is 0. The molecule has 0 saturated carbocycles. The summed E-state index contributed by atoms with van der Waals surface area (Å²) < 4.78 is 10.9. The molecule has 0 bridgehead atoms. The molecule has 26 heavy (non-hydrogen) atoms. The highest BCUT2D eigenvalue weighted by molar-refractivity contribution is 5.45. The molecule has 1 aromatic carbocycles. The van der Waals surface area contributed by atoms with Gasteiger partial charge in [-0.05, 0) is 18.1 Å². The molecule has 2 aliphatic heterocycles. The summed E-state index contributed by atoms with van der Waals surface area (Å²) in [5, 5.41) is 0. The number of morpholine rings is 2. The van der Waals surface area contributed by atoms with Gasteiger partial charge >= 0.3 is 0 Å². The fraction of sp³-hybridized carbons (Fsp3) is 0.421. The fourth-order valence-electron chi connectivity index (χ4n) is 2.87. The molecule has 2 aromatic rings. The molecule has 0 atom stereocenters. The van der Waals surface area contributed by atoms with Gasteiger partial charge in [-0.15, -0.1) is 0 Å². The first-order chi connectivity index (χ1) is 12.9. The molecule has 134 valence electrons. The molecule has 7 heteroatoms. The van der Waals surface area contributed by atoms with Crippen LogP contribution in [0.1, 0.15) is 11.4 Å². The van der Waals surface area contributed by atoms with Crippen molar-refractivity contribution in [3.63, 3.8) is 0 Å². The summed E-state index contributed by atoms with van der Waals surface area (Å²) in [6.45, 7) is 5.84. The molecule has 1 aromatic heterocycles. The molecule has 2 fully saturated rings. The molecule has 0 unspecified atom stereocenters. The van der Waals surface area contributed by atoms with Crippen LogP contribution in [0.3, 0.4) is 0 Å². The van der Waals surface area contributed by atoms with Crippen molar-refractivity contribution in [3.05, 3.63) is 41.7 Å². The van der Waals surface area contributed by atoms with Crippen LogP contribution in [0.15, 0.2) is 30.3 Å². The summed E-state index contributed by atoms with van der Waals surface area (Å²) in [5.41, 5.74) is 0.939. The molecule has 3 heterocycles. The van der Waals surface area contributed by atoms with Crippen LogP contribution in [0.2, 0.25) is 0 Å². The Morgan fingerprint density at radius 3 is 1.77 bits per heavy atom. The van der Waals surface area contributed by atoms with Gasteiger partial charge in [0.15, 0.2) is 0 Å². The number of hydrogen-bond acceptors (Lipinski definition) is 7. The molecule has 7 nitrogen and oxygen atoms in total. The van der Waals surface area contributed by atoms with Crippen LogP contribution in [0.25, 0.3) is 0 Å². The van der Waals surface area contributed by atoms with E-state index in [0.29, 0.717) is 44.1 Å². The van der Waals surface area contributed by atoms with E-state index in [9.17, 15) is 0 Å². The zero-order chi connectivity index (χ0) is 17.6. The zero-order valence-corrected chi connectivity index (χ0v) is 14.6. The van der Waals surface area contributed by atoms with Gasteiger partial charge in [0.2, 0.25) is 17.7 Å². The highest BCUT2D eigenvalue weighted by Gasteiger charge is 2.20. The second-order valence-corrected chi connectivity index (χ2v) is 6.07. The van der Waals surface area contributed by atoms with E-state index in [2.05, 4.69) is 36.6 Å². The van der Waals surface area contributed by atoms with E-state index in [0.717, 1.165) is 31.7 Å². The SMILES string of the molecule is C(#Cc1nc(N2CCOCC2)nc(N2CCOCC2)n1)c1ccccc1. The molecular weight excluding hydrogens is 330 g/mol. The first kappa shape index (κ1) is 16.8. The smallest absolute Gasteiger partial charge is 0.231 e. The van der Waals surface area contributed by atoms with Crippen molar-refractivity contribution in [1.82, 2.24) is 15.0 Å². The van der Waals surface area contributed by atoms with Gasteiger partial charge in [-0.2, -0.15) is 15.0 Å². The Labute approximate surface area is 153 Å². The fourth-order valence-corrected chi connectivity index (χ4v) is 2.87. The number of nitrogens with zero attached hydrogens (tertiary/aromatic N) is 5. The Kier molecular flexibility index (Phi) is 5.24. The Morgan fingerprint density at radius 1 is 0.692 bits per heavy atom. The average Bonchev–Trinajstić information content (AvgIpc) is 2.74. The van der Waals surface area contributed by atoms with Crippen molar-refractivity contribution in [2.24, 2.45) is 0 Å². The van der Waals surface area contributed by atoms with Crippen molar-refractivity contribution in [1.29, 1.82) is 0 Å². The van der Waals surface area contributed by atoms with Crippen molar-refractivity contribution in [3.8, 4) is 11.8 Å². The van der Waals surface area contributed by atoms with Crippen molar-refractivity contribution < 1.29 is 9.47 Å². The van der Waals surface area contributed by atoms with Crippen LogP contribution >= 0.6 is 0 Å². The van der Waals surface area contributed by atoms with Crippen LogP contribution in [-0.4, -0.2) is 67.6 Å². The Morgan fingerprint density at radius 2 is 1.23 bits per heavy atom. The van der Waals surface area contributed by atoms with Gasteiger partial charge < -0.3 is 19.3 Å². The monoisotopic (exact) mass is 351 g/mol. The normalized spacial score (nSPS) is 17.5. The van der Waals surface area contributed by atoms with E-state index in [1.165, 1.54) is 0 Å². The van der Waals surface area contributed by atoms with Crippen LogP contribution in [0.5, 0.6) is 0 Å². The number of benzene rings is 1. The Balaban J connectivity index is 1.66. The molecule has 0 N–H and O–H groups in total. The van der Waals surface area contributed by atoms with E-state index in [-0.39, 0.29) is 0 Å². The number of ether oxygens (including phenoxy) is 2. The summed E-state index contributed by atoms with van der Waals surface area (Å²) in [5.74, 6) is 8.05. The predicted molar refractivity (Wildman–Crippen MR) is 98.3 cm³/mol. The van der Waals surface area contributed by atoms with Crippen LogP contribution < -0.4 is 9.80 Å². The van der Waals surface area contributed by atoms with Crippen LogP contribution in [-0.2, 0) is 9.47 Å². The third-order valence-corrected chi connectivity index (χ3v) is 4.29. The van der Waals surface area contributed by atoms with Gasteiger partial charge in [-0.3, -0.25) is 0 Å². The summed E-state index contributed by atoms with van der Waals surface area (Å²) in [6.07, 6.45) is 0. The molecular formula is C19H21N5O2. The lowest BCUT2D eigenvalue weighted by atomic mass is 10.2. The number of anilines is 2. The van der Waals surface area contributed by atoms with Crippen LogP contribution in [0, 0.1) is 11.8 Å². The molecule has 2 aliphatic rings. The van der Waals surface area contributed by atoms with Gasteiger partial charge in [0, 0.05) is 31.7 Å². The van der Waals surface area contributed by atoms with Crippen LogP contribution in [0.4, 0.5) is 11.9 Å². The van der Waals surface area contributed by atoms with Crippen molar-refractivity contribution >= 4 is 11.9 Å². The molecule has 0 radical (unpaired) electrons. The quantitative estimate of drug-likeness (QED) is 0.746. The van der Waals surface area contributed by atoms with Gasteiger partial charge in [-0.1, -0.05) is 24.1 Å². The largest absolute Gasteiger partial charge is 0.378 e. The molecule has 2 saturated heterocycles. The summed E-state index contributed by atoms with van der Waals surface area (Å²) in [4.78, 5) is 18.1. The zero-order valence-electron chi connectivity index (χ0n) is 14.6. The highest BCUT2D eigenvalue weighted by atomic mass is 16.5. The maximum Gasteiger partial charge on any atom is 0.231 e. The van der Waals surface area contributed by atoms with Gasteiger partial charge in [0.1, 0.15) is 0 Å². The first-order valence-corrected chi connectivity index (χ1v) is 8.87. The second kappa shape index (κ2) is 8.13. The van der Waals surface area contributed by atoms with E-state index in [4.69, 9.17) is 9.47 Å². The maximum atomic E-state index is 5.44. The van der Waals surface area contributed by atoms with Gasteiger partial charge in [0.05, 0.1) is 26.4 Å². The minimum absolute atomic E-state index is 0.492. The van der Waals surface area contributed by atoms with Gasteiger partial charge in [0.25, 0.3) is 0 Å². The van der Waals surface area contributed by atoms with Crippen molar-refractivity contribution in [2.45, 2.75) is 0 Å². The Hall–Kier alpha value is -2.69. The third-order valence-electron chi connectivity index (χ3n) is 4.29. The summed E-state index contributed by atoms with van der Waals surface area (Å²) in [6, 6.07) is 9.85. The maximum absolute atomic E-state index is 5.44. The van der Waals surface area contributed by atoms with Crippen molar-refractivity contribution in [2.75, 3.05) is 62.4 Å². The summed E-state index contributed by atoms with van der Waals surface area (Å²) in [7, 11) is 0. The lowest BCUT2D eigenvalue weighted by Crippen LogP contribution is -2.40. The molecule has 0 amide bonds. The van der Waals surface area contributed by atoms with E-state index in [1.807, 2.05) is 30.3 Å². The number of rotatable bonds is 2. The highest BCUT2D eigenvalue weighted by Crippen LogP contribution is 2.16. The minimum atomic E-state index is 0.492. The number of aromatic nitrogens is 3. The number of hydrogen-bond donors (Lipinski definition) is 0. The van der Waals surface area contributed by atoms with Gasteiger partial charge in [-0.25, -0.2) is 0 Å². The molecule has 0 aliphatic carbocycles. The topological polar surface area (TPSA) is 63.6 Å². The predicted octanol–water partition coefficient (Wildman–Crippen LogP) is 0.945. The lowest BCUT2D eigenvalue weighted by Gasteiger charge is -2.29. The first-order valence-electron chi connectivity index (χ1n) is 8.87. The molecule has 0 spiro atoms. The lowest BCUT2D eigenvalue weighted by molar-refractivity contribution is 0.121. The minimum Gasteiger partial charge on any atom is -0.378 e. The second-order valence-electron chi connectivity index (χ2n) is 6.07. The third kappa shape index (κ3) is 4.10. The average molecular weight is 351 g/mol. The Bertz CT molecular complexity index is 754. The standard InChI is InChI=1S/C19H21N5O2/c1-2-4-16(5-3-1)6-7-17-20-18(23-8-12-25-13-9-23)22-19(21-17)24-10-14-26-15-11-24/h1-5H,8-15H2. The van der Waals surface area contributed by atoms with E-state index in [1.54, 1.807) is 0 Å². The van der Waals surface area contributed by atoms with E-state index >= 15 is 0 Å². The van der Waals surface area contributed by atoms with E-state index < -0.39 is 0 Å². The molecule has 4 rings (SSSR count).